The molecular weight excluding hydrogens is 276 g/mol. The van der Waals surface area contributed by atoms with Gasteiger partial charge in [-0.1, -0.05) is 17.7 Å². The molecule has 5 nitrogen and oxygen atoms in total. The molecule has 3 aromatic rings. The lowest BCUT2D eigenvalue weighted by Gasteiger charge is -2.11. The van der Waals surface area contributed by atoms with Gasteiger partial charge in [0.25, 0.3) is 0 Å². The number of rotatable bonds is 4. The Hall–Kier alpha value is -2.27. The van der Waals surface area contributed by atoms with Gasteiger partial charge >= 0.3 is 0 Å². The van der Waals surface area contributed by atoms with Gasteiger partial charge in [-0.25, -0.2) is 9.50 Å². The molecule has 0 saturated heterocycles. The normalized spacial score (nSPS) is 10.7. The number of methoxy groups -OCH3 is 1. The van der Waals surface area contributed by atoms with Gasteiger partial charge in [-0.2, -0.15) is 5.10 Å². The Morgan fingerprint density at radius 1 is 1.30 bits per heavy atom. The van der Waals surface area contributed by atoms with Crippen LogP contribution in [0.25, 0.3) is 5.65 Å². The molecule has 1 aromatic carbocycles. The lowest BCUT2D eigenvalue weighted by Crippen LogP contribution is -2.04. The molecule has 0 saturated carbocycles. The number of ether oxygens (including phenoxy) is 1. The summed E-state index contributed by atoms with van der Waals surface area (Å²) in [6, 6.07) is 9.30. The molecule has 0 aliphatic rings. The van der Waals surface area contributed by atoms with Crippen LogP contribution in [0.4, 0.5) is 5.82 Å². The van der Waals surface area contributed by atoms with Gasteiger partial charge in [0, 0.05) is 29.4 Å². The number of hydrogen-bond acceptors (Lipinski definition) is 4. The standard InChI is InChI=1S/C14H13ClN4O/c1-20-12-4-2-3-11(15)10(12)9-16-13-6-8-19-14(18-13)5-7-17-19/h2-8H,9H2,1H3,(H,16,18). The predicted octanol–water partition coefficient (Wildman–Crippen LogP) is 3.00. The van der Waals surface area contributed by atoms with Crippen molar-refractivity contribution in [3.63, 3.8) is 0 Å². The molecule has 1 N–H and O–H groups in total. The molecule has 0 aliphatic carbocycles. The van der Waals surface area contributed by atoms with Gasteiger partial charge in [-0.05, 0) is 18.2 Å². The summed E-state index contributed by atoms with van der Waals surface area (Å²) >= 11 is 6.20. The van der Waals surface area contributed by atoms with E-state index in [0.29, 0.717) is 11.6 Å². The third-order valence-electron chi connectivity index (χ3n) is 3.00. The van der Waals surface area contributed by atoms with Crippen LogP contribution in [-0.4, -0.2) is 21.7 Å². The van der Waals surface area contributed by atoms with Crippen molar-refractivity contribution in [2.45, 2.75) is 6.54 Å². The topological polar surface area (TPSA) is 51.5 Å². The molecule has 3 rings (SSSR count). The van der Waals surface area contributed by atoms with Crippen molar-refractivity contribution in [3.8, 4) is 5.75 Å². The van der Waals surface area contributed by atoms with Crippen molar-refractivity contribution in [2.75, 3.05) is 12.4 Å². The number of benzene rings is 1. The first kappa shape index (κ1) is 12.7. The second kappa shape index (κ2) is 5.38. The highest BCUT2D eigenvalue weighted by Crippen LogP contribution is 2.26. The van der Waals surface area contributed by atoms with Crippen LogP contribution in [-0.2, 0) is 6.54 Å². The Labute approximate surface area is 121 Å². The minimum absolute atomic E-state index is 0.542. The molecule has 2 heterocycles. The summed E-state index contributed by atoms with van der Waals surface area (Å²) in [5, 5.41) is 8.02. The van der Waals surface area contributed by atoms with Crippen LogP contribution in [0.2, 0.25) is 5.02 Å². The molecule has 0 unspecified atom stereocenters. The van der Waals surface area contributed by atoms with Crippen molar-refractivity contribution in [3.05, 3.63) is 53.3 Å². The fourth-order valence-corrected chi connectivity index (χ4v) is 2.22. The van der Waals surface area contributed by atoms with Crippen LogP contribution in [0, 0.1) is 0 Å². The van der Waals surface area contributed by atoms with E-state index in [1.54, 1.807) is 17.8 Å². The molecule has 0 bridgehead atoms. The highest BCUT2D eigenvalue weighted by atomic mass is 35.5. The zero-order valence-electron chi connectivity index (χ0n) is 10.9. The minimum atomic E-state index is 0.542. The van der Waals surface area contributed by atoms with Gasteiger partial charge in [0.05, 0.1) is 13.3 Å². The summed E-state index contributed by atoms with van der Waals surface area (Å²) in [7, 11) is 1.63. The lowest BCUT2D eigenvalue weighted by atomic mass is 10.2. The van der Waals surface area contributed by atoms with E-state index in [-0.39, 0.29) is 0 Å². The van der Waals surface area contributed by atoms with E-state index in [2.05, 4.69) is 15.4 Å². The van der Waals surface area contributed by atoms with Crippen molar-refractivity contribution in [1.29, 1.82) is 0 Å². The first-order valence-corrected chi connectivity index (χ1v) is 6.51. The second-order valence-corrected chi connectivity index (χ2v) is 4.63. The van der Waals surface area contributed by atoms with Gasteiger partial charge in [-0.15, -0.1) is 0 Å². The Morgan fingerprint density at radius 3 is 3.05 bits per heavy atom. The average Bonchev–Trinajstić information content (AvgIpc) is 2.93. The molecule has 6 heteroatoms. The molecule has 0 amide bonds. The highest BCUT2D eigenvalue weighted by molar-refractivity contribution is 6.31. The van der Waals surface area contributed by atoms with Crippen molar-refractivity contribution in [2.24, 2.45) is 0 Å². The SMILES string of the molecule is COc1cccc(Cl)c1CNc1ccn2nccc2n1. The number of nitrogens with one attached hydrogen (secondary N) is 1. The number of halogens is 1. The molecule has 0 fully saturated rings. The van der Waals surface area contributed by atoms with E-state index >= 15 is 0 Å². The van der Waals surface area contributed by atoms with Crippen LogP contribution in [0.1, 0.15) is 5.56 Å². The summed E-state index contributed by atoms with van der Waals surface area (Å²) in [4.78, 5) is 4.44. The summed E-state index contributed by atoms with van der Waals surface area (Å²) in [5.74, 6) is 1.52. The first-order chi connectivity index (χ1) is 9.78. The molecule has 20 heavy (non-hydrogen) atoms. The number of nitrogens with zero attached hydrogens (tertiary/aromatic N) is 3. The van der Waals surface area contributed by atoms with Crippen LogP contribution in [0.15, 0.2) is 42.7 Å². The maximum Gasteiger partial charge on any atom is 0.157 e. The Kier molecular flexibility index (Phi) is 3.43. The number of fused-ring (bicyclic) bond motifs is 1. The molecule has 0 spiro atoms. The molecular formula is C14H13ClN4O. The van der Waals surface area contributed by atoms with E-state index < -0.39 is 0 Å². The van der Waals surface area contributed by atoms with E-state index in [9.17, 15) is 0 Å². The fraction of sp³-hybridized carbons (Fsp3) is 0.143. The minimum Gasteiger partial charge on any atom is -0.496 e. The van der Waals surface area contributed by atoms with Crippen molar-refractivity contribution in [1.82, 2.24) is 14.6 Å². The maximum absolute atomic E-state index is 6.20. The van der Waals surface area contributed by atoms with Crippen LogP contribution >= 0.6 is 11.6 Å². The van der Waals surface area contributed by atoms with E-state index in [4.69, 9.17) is 16.3 Å². The third kappa shape index (κ3) is 2.40. The second-order valence-electron chi connectivity index (χ2n) is 4.22. The summed E-state index contributed by atoms with van der Waals surface area (Å²) in [5.41, 5.74) is 1.70. The van der Waals surface area contributed by atoms with Gasteiger partial charge in [0.15, 0.2) is 5.65 Å². The van der Waals surface area contributed by atoms with Gasteiger partial charge < -0.3 is 10.1 Å². The Bertz CT molecular complexity index is 741. The van der Waals surface area contributed by atoms with Gasteiger partial charge in [0.1, 0.15) is 11.6 Å². The van der Waals surface area contributed by atoms with E-state index in [1.807, 2.05) is 36.5 Å². The first-order valence-electron chi connectivity index (χ1n) is 6.13. The molecule has 0 atom stereocenters. The zero-order valence-corrected chi connectivity index (χ0v) is 11.6. The lowest BCUT2D eigenvalue weighted by molar-refractivity contribution is 0.410. The maximum atomic E-state index is 6.20. The highest BCUT2D eigenvalue weighted by Gasteiger charge is 2.07. The fourth-order valence-electron chi connectivity index (χ4n) is 1.99. The summed E-state index contributed by atoms with van der Waals surface area (Å²) in [6.45, 7) is 0.542. The Balaban J connectivity index is 1.82. The van der Waals surface area contributed by atoms with Crippen molar-refractivity contribution < 1.29 is 4.74 Å². The zero-order chi connectivity index (χ0) is 13.9. The van der Waals surface area contributed by atoms with Crippen molar-refractivity contribution >= 4 is 23.1 Å². The predicted molar refractivity (Wildman–Crippen MR) is 78.3 cm³/mol. The van der Waals surface area contributed by atoms with E-state index in [1.165, 1.54) is 0 Å². The average molecular weight is 289 g/mol. The quantitative estimate of drug-likeness (QED) is 0.802. The summed E-state index contributed by atoms with van der Waals surface area (Å²) < 4.78 is 7.02. The monoisotopic (exact) mass is 288 g/mol. The Morgan fingerprint density at radius 2 is 2.20 bits per heavy atom. The van der Waals surface area contributed by atoms with E-state index in [0.717, 1.165) is 22.8 Å². The largest absolute Gasteiger partial charge is 0.496 e. The molecule has 0 aliphatic heterocycles. The molecule has 0 radical (unpaired) electrons. The van der Waals surface area contributed by atoms with Crippen LogP contribution < -0.4 is 10.1 Å². The summed E-state index contributed by atoms with van der Waals surface area (Å²) in [6.07, 6.45) is 3.57. The van der Waals surface area contributed by atoms with Crippen LogP contribution in [0.5, 0.6) is 5.75 Å². The number of aromatic nitrogens is 3. The van der Waals surface area contributed by atoms with Crippen LogP contribution in [0.3, 0.4) is 0 Å². The molecule has 102 valence electrons. The number of anilines is 1. The molecule has 2 aromatic heterocycles. The van der Waals surface area contributed by atoms with Gasteiger partial charge in [-0.3, -0.25) is 0 Å². The smallest absolute Gasteiger partial charge is 0.157 e. The van der Waals surface area contributed by atoms with Gasteiger partial charge in [0.2, 0.25) is 0 Å². The third-order valence-corrected chi connectivity index (χ3v) is 3.35. The number of hydrogen-bond donors (Lipinski definition) is 1.